The quantitative estimate of drug-likeness (QED) is 0.508. The van der Waals surface area contributed by atoms with E-state index in [2.05, 4.69) is 0 Å². The average molecular weight is 193 g/mol. The predicted octanol–water partition coefficient (Wildman–Crippen LogP) is 2.62. The minimum Gasteiger partial charge on any atom is -0.258 e. The Labute approximate surface area is 72.0 Å². The zero-order valence-electron chi connectivity index (χ0n) is 6.41. The Morgan fingerprint density at radius 1 is 1.31 bits per heavy atom. The second-order valence-electron chi connectivity index (χ2n) is 1.81. The summed E-state index contributed by atoms with van der Waals surface area (Å²) in [7, 11) is 0. The first-order valence-corrected chi connectivity index (χ1v) is 3.14. The summed E-state index contributed by atoms with van der Waals surface area (Å²) in [5.41, 5.74) is -0.484. The molecule has 0 aliphatic carbocycles. The van der Waals surface area contributed by atoms with Crippen molar-refractivity contribution in [1.82, 2.24) is 0 Å². The lowest BCUT2D eigenvalue weighted by Gasteiger charge is -1.89. The van der Waals surface area contributed by atoms with Crippen LogP contribution in [-0.2, 0) is 0 Å². The molecular formula is C7H6F3NO2. The van der Waals surface area contributed by atoms with Gasteiger partial charge in [-0.25, -0.2) is 8.78 Å². The number of nitrogens with zero attached hydrogens (tertiary/aromatic N) is 1. The standard InChI is InChI=1S/C6H4FNO2.CH2F2/c7-5-3-1-2-4-6(5)8(9)10;2-1-3/h1-4H;1H2. The van der Waals surface area contributed by atoms with Crippen molar-refractivity contribution in [3.63, 3.8) is 0 Å². The molecule has 3 nitrogen and oxygen atoms in total. The molecule has 0 saturated heterocycles. The summed E-state index contributed by atoms with van der Waals surface area (Å²) in [5, 5.41) is 9.99. The first-order chi connectivity index (χ1) is 6.13. The molecule has 13 heavy (non-hydrogen) atoms. The Balaban J connectivity index is 0.000000424. The fourth-order valence-electron chi connectivity index (χ4n) is 0.600. The van der Waals surface area contributed by atoms with Crippen LogP contribution in [0, 0.1) is 15.9 Å². The molecule has 0 bridgehead atoms. The number of hydrogen-bond acceptors (Lipinski definition) is 2. The number of hydrogen-bond donors (Lipinski definition) is 0. The minimum absolute atomic E-state index is 0.484. The Hall–Kier alpha value is -1.59. The molecule has 0 N–H and O–H groups in total. The highest BCUT2D eigenvalue weighted by Gasteiger charge is 2.09. The molecule has 0 spiro atoms. The lowest BCUT2D eigenvalue weighted by atomic mass is 10.3. The van der Waals surface area contributed by atoms with Gasteiger partial charge in [-0.05, 0) is 6.07 Å². The maximum Gasteiger partial charge on any atom is 0.304 e. The fraction of sp³-hybridized carbons (Fsp3) is 0.143. The van der Waals surface area contributed by atoms with Gasteiger partial charge in [0.25, 0.3) is 0 Å². The largest absolute Gasteiger partial charge is 0.304 e. The summed E-state index contributed by atoms with van der Waals surface area (Å²) in [6.07, 6.45) is 0. The summed E-state index contributed by atoms with van der Waals surface area (Å²) in [5.74, 6) is -0.799. The third-order valence-electron chi connectivity index (χ3n) is 1.05. The number of nitro benzene ring substituents is 1. The van der Waals surface area contributed by atoms with Gasteiger partial charge in [0.15, 0.2) is 0 Å². The molecule has 0 heterocycles. The van der Waals surface area contributed by atoms with Crippen molar-refractivity contribution in [3.05, 3.63) is 40.2 Å². The Morgan fingerprint density at radius 3 is 2.08 bits per heavy atom. The Bertz CT molecular complexity index is 280. The number of nitro groups is 1. The molecule has 72 valence electrons. The summed E-state index contributed by atoms with van der Waals surface area (Å²) >= 11 is 0. The lowest BCUT2D eigenvalue weighted by Crippen LogP contribution is -1.90. The highest BCUT2D eigenvalue weighted by Crippen LogP contribution is 2.14. The summed E-state index contributed by atoms with van der Waals surface area (Å²) in [6.45, 7) is -1.75. The molecule has 0 aliphatic heterocycles. The van der Waals surface area contributed by atoms with Gasteiger partial charge in [0.1, 0.15) is 0 Å². The van der Waals surface area contributed by atoms with Gasteiger partial charge in [0, 0.05) is 6.07 Å². The number of halogens is 3. The fourth-order valence-corrected chi connectivity index (χ4v) is 0.600. The van der Waals surface area contributed by atoms with Crippen molar-refractivity contribution < 1.29 is 18.1 Å². The van der Waals surface area contributed by atoms with E-state index in [0.717, 1.165) is 12.1 Å². The highest BCUT2D eigenvalue weighted by molar-refractivity contribution is 5.30. The molecule has 0 aromatic heterocycles. The first kappa shape index (κ1) is 11.4. The van der Waals surface area contributed by atoms with Crippen molar-refractivity contribution in [2.24, 2.45) is 0 Å². The number of benzene rings is 1. The molecular weight excluding hydrogens is 187 g/mol. The van der Waals surface area contributed by atoms with Gasteiger partial charge < -0.3 is 0 Å². The molecule has 1 rings (SSSR count). The van der Waals surface area contributed by atoms with E-state index >= 15 is 0 Å². The molecule has 0 aliphatic rings. The van der Waals surface area contributed by atoms with Crippen LogP contribution in [0.25, 0.3) is 0 Å². The zero-order valence-corrected chi connectivity index (χ0v) is 6.41. The average Bonchev–Trinajstić information content (AvgIpc) is 2.06. The number of para-hydroxylation sites is 1. The van der Waals surface area contributed by atoms with Crippen LogP contribution in [0.15, 0.2) is 24.3 Å². The lowest BCUT2D eigenvalue weighted by molar-refractivity contribution is -0.387. The van der Waals surface area contributed by atoms with Crippen LogP contribution in [0.1, 0.15) is 0 Å². The van der Waals surface area contributed by atoms with Gasteiger partial charge in [-0.15, -0.1) is 0 Å². The number of alkyl halides is 2. The van der Waals surface area contributed by atoms with Gasteiger partial charge in [-0.2, -0.15) is 4.39 Å². The van der Waals surface area contributed by atoms with E-state index in [1.54, 1.807) is 0 Å². The molecule has 0 atom stereocenters. The zero-order chi connectivity index (χ0) is 10.3. The molecule has 0 saturated carbocycles. The first-order valence-electron chi connectivity index (χ1n) is 3.14. The van der Waals surface area contributed by atoms with E-state index in [1.807, 2.05) is 0 Å². The second kappa shape index (κ2) is 5.99. The summed E-state index contributed by atoms with van der Waals surface area (Å²) in [6, 6.07) is 5.00. The maximum atomic E-state index is 12.4. The van der Waals surface area contributed by atoms with Gasteiger partial charge in [-0.1, -0.05) is 12.1 Å². The third kappa shape index (κ3) is 4.09. The Kier molecular flexibility index (Phi) is 5.25. The van der Waals surface area contributed by atoms with E-state index in [9.17, 15) is 23.3 Å². The smallest absolute Gasteiger partial charge is 0.258 e. The van der Waals surface area contributed by atoms with Gasteiger partial charge in [-0.3, -0.25) is 10.1 Å². The van der Waals surface area contributed by atoms with Crippen LogP contribution in [0.3, 0.4) is 0 Å². The van der Waals surface area contributed by atoms with Crippen LogP contribution >= 0.6 is 0 Å². The SMILES string of the molecule is FCF.O=[N+]([O-])c1ccccc1F. The second-order valence-corrected chi connectivity index (χ2v) is 1.81. The molecule has 6 heteroatoms. The topological polar surface area (TPSA) is 43.1 Å². The van der Waals surface area contributed by atoms with Crippen LogP contribution in [0.4, 0.5) is 18.9 Å². The molecule has 1 aromatic carbocycles. The number of rotatable bonds is 1. The van der Waals surface area contributed by atoms with Crippen LogP contribution in [-0.4, -0.2) is 11.9 Å². The molecule has 0 fully saturated rings. The van der Waals surface area contributed by atoms with Crippen molar-refractivity contribution in [1.29, 1.82) is 0 Å². The van der Waals surface area contributed by atoms with Crippen LogP contribution in [0.2, 0.25) is 0 Å². The van der Waals surface area contributed by atoms with Gasteiger partial charge in [0.2, 0.25) is 12.7 Å². The van der Waals surface area contributed by atoms with Crippen molar-refractivity contribution >= 4 is 5.69 Å². The minimum atomic E-state index is -1.75. The molecule has 0 unspecified atom stereocenters. The van der Waals surface area contributed by atoms with Crippen molar-refractivity contribution in [2.45, 2.75) is 0 Å². The third-order valence-corrected chi connectivity index (χ3v) is 1.05. The molecule has 1 aromatic rings. The highest BCUT2D eigenvalue weighted by atomic mass is 19.3. The van der Waals surface area contributed by atoms with Crippen LogP contribution in [0.5, 0.6) is 0 Å². The normalized spacial score (nSPS) is 8.54. The van der Waals surface area contributed by atoms with E-state index in [1.165, 1.54) is 12.1 Å². The van der Waals surface area contributed by atoms with Gasteiger partial charge in [0.05, 0.1) is 4.92 Å². The van der Waals surface area contributed by atoms with Crippen molar-refractivity contribution in [2.75, 3.05) is 6.93 Å². The van der Waals surface area contributed by atoms with E-state index in [0.29, 0.717) is 0 Å². The van der Waals surface area contributed by atoms with E-state index in [-0.39, 0.29) is 0 Å². The Morgan fingerprint density at radius 2 is 1.77 bits per heavy atom. The predicted molar refractivity (Wildman–Crippen MR) is 40.1 cm³/mol. The molecule has 0 radical (unpaired) electrons. The maximum absolute atomic E-state index is 12.4. The monoisotopic (exact) mass is 193 g/mol. The molecule has 0 amide bonds. The van der Waals surface area contributed by atoms with Crippen molar-refractivity contribution in [3.8, 4) is 0 Å². The van der Waals surface area contributed by atoms with Gasteiger partial charge >= 0.3 is 5.69 Å². The van der Waals surface area contributed by atoms with E-state index < -0.39 is 23.4 Å². The van der Waals surface area contributed by atoms with E-state index in [4.69, 9.17) is 0 Å². The summed E-state index contributed by atoms with van der Waals surface area (Å²) in [4.78, 5) is 9.23. The summed E-state index contributed by atoms with van der Waals surface area (Å²) < 4.78 is 31.6. The van der Waals surface area contributed by atoms with Crippen LogP contribution < -0.4 is 0 Å².